The van der Waals surface area contributed by atoms with Crippen LogP contribution in [0.25, 0.3) is 0 Å². The molecule has 104 valence electrons. The molecule has 2 saturated heterocycles. The van der Waals surface area contributed by atoms with Crippen LogP contribution in [0.15, 0.2) is 0 Å². The minimum Gasteiger partial charge on any atom is -0.358 e. The van der Waals surface area contributed by atoms with E-state index in [1.807, 2.05) is 0 Å². The van der Waals surface area contributed by atoms with Gasteiger partial charge in [-0.15, -0.1) is 0 Å². The van der Waals surface area contributed by atoms with Gasteiger partial charge in [-0.25, -0.2) is 10.0 Å². The Kier molecular flexibility index (Phi) is 4.97. The Morgan fingerprint density at radius 1 is 1.06 bits per heavy atom. The van der Waals surface area contributed by atoms with E-state index in [0.29, 0.717) is 6.54 Å². The molecule has 18 heavy (non-hydrogen) atoms. The molecule has 0 unspecified atom stereocenters. The molecule has 0 bridgehead atoms. The van der Waals surface area contributed by atoms with E-state index in [1.165, 1.54) is 25.9 Å². The highest BCUT2D eigenvalue weighted by atomic mass is 16.1. The van der Waals surface area contributed by atoms with Crippen LogP contribution in [-0.2, 0) is 4.79 Å². The van der Waals surface area contributed by atoms with Crippen LogP contribution in [0.1, 0.15) is 19.8 Å². The minimum atomic E-state index is 0.121. The van der Waals surface area contributed by atoms with Gasteiger partial charge in [0.25, 0.3) is 0 Å². The summed E-state index contributed by atoms with van der Waals surface area (Å²) in [5.74, 6) is 1.01. The van der Waals surface area contributed by atoms with E-state index in [-0.39, 0.29) is 5.91 Å². The quantitative estimate of drug-likeness (QED) is 0.769. The van der Waals surface area contributed by atoms with E-state index in [1.54, 1.807) is 7.05 Å². The Labute approximate surface area is 110 Å². The summed E-state index contributed by atoms with van der Waals surface area (Å²) < 4.78 is 0. The van der Waals surface area contributed by atoms with Gasteiger partial charge in [0.15, 0.2) is 0 Å². The second-order valence-electron chi connectivity index (χ2n) is 5.54. The summed E-state index contributed by atoms with van der Waals surface area (Å²) in [6.45, 7) is 9.42. The number of carbonyl (C=O) groups is 1. The third kappa shape index (κ3) is 3.67. The number of rotatable bonds is 3. The van der Waals surface area contributed by atoms with Crippen molar-refractivity contribution in [2.75, 3.05) is 52.9 Å². The van der Waals surface area contributed by atoms with Crippen molar-refractivity contribution in [2.24, 2.45) is 5.92 Å². The molecule has 0 aromatic carbocycles. The van der Waals surface area contributed by atoms with Gasteiger partial charge >= 0.3 is 0 Å². The smallest absolute Gasteiger partial charge is 0.233 e. The van der Waals surface area contributed by atoms with Gasteiger partial charge in [0, 0.05) is 46.3 Å². The summed E-state index contributed by atoms with van der Waals surface area (Å²) in [4.78, 5) is 13.6. The average Bonchev–Trinajstić information content (AvgIpc) is 2.40. The topological polar surface area (TPSA) is 38.8 Å². The first-order valence-electron chi connectivity index (χ1n) is 7.12. The van der Waals surface area contributed by atoms with E-state index in [0.717, 1.165) is 32.1 Å². The first-order valence-corrected chi connectivity index (χ1v) is 7.12. The number of nitrogens with zero attached hydrogens (tertiary/aromatic N) is 3. The number of hydrogen-bond acceptors (Lipinski definition) is 4. The summed E-state index contributed by atoms with van der Waals surface area (Å²) in [6.07, 6.45) is 2.64. The van der Waals surface area contributed by atoms with Gasteiger partial charge in [0.1, 0.15) is 0 Å². The van der Waals surface area contributed by atoms with Crippen LogP contribution in [0, 0.1) is 5.92 Å². The molecule has 0 spiro atoms. The van der Waals surface area contributed by atoms with E-state index in [4.69, 9.17) is 0 Å². The Hall–Kier alpha value is -0.650. The van der Waals surface area contributed by atoms with Crippen LogP contribution in [-0.4, -0.2) is 73.7 Å². The molecule has 0 aliphatic carbocycles. The number of piperazine rings is 1. The fourth-order valence-electron chi connectivity index (χ4n) is 2.74. The van der Waals surface area contributed by atoms with E-state index in [2.05, 4.69) is 27.2 Å². The van der Waals surface area contributed by atoms with Crippen molar-refractivity contribution in [2.45, 2.75) is 19.8 Å². The summed E-state index contributed by atoms with van der Waals surface area (Å²) in [5.41, 5.74) is 0. The number of nitrogens with one attached hydrogen (secondary N) is 1. The number of carbonyl (C=O) groups excluding carboxylic acids is 1. The summed E-state index contributed by atoms with van der Waals surface area (Å²) in [7, 11) is 1.70. The SMILES string of the molecule is CNC(=O)CN1CCN(N2CCC(C)CC2)CC1. The van der Waals surface area contributed by atoms with Crippen LogP contribution < -0.4 is 5.32 Å². The lowest BCUT2D eigenvalue weighted by Crippen LogP contribution is -2.56. The number of hydrazine groups is 1. The highest BCUT2D eigenvalue weighted by Gasteiger charge is 2.25. The molecule has 1 N–H and O–H groups in total. The predicted molar refractivity (Wildman–Crippen MR) is 72.1 cm³/mol. The molecule has 2 heterocycles. The molecule has 0 aromatic heterocycles. The maximum atomic E-state index is 11.3. The zero-order valence-electron chi connectivity index (χ0n) is 11.7. The normalized spacial score (nSPS) is 25.2. The second-order valence-corrected chi connectivity index (χ2v) is 5.54. The highest BCUT2D eigenvalue weighted by Crippen LogP contribution is 2.18. The van der Waals surface area contributed by atoms with Gasteiger partial charge in [0.05, 0.1) is 6.54 Å². The van der Waals surface area contributed by atoms with Crippen molar-refractivity contribution < 1.29 is 4.79 Å². The first kappa shape index (κ1) is 13.8. The van der Waals surface area contributed by atoms with Crippen LogP contribution in [0.2, 0.25) is 0 Å². The van der Waals surface area contributed by atoms with Crippen molar-refractivity contribution in [1.29, 1.82) is 0 Å². The van der Waals surface area contributed by atoms with Gasteiger partial charge in [0.2, 0.25) is 5.91 Å². The maximum Gasteiger partial charge on any atom is 0.233 e. The Morgan fingerprint density at radius 3 is 2.17 bits per heavy atom. The monoisotopic (exact) mass is 254 g/mol. The van der Waals surface area contributed by atoms with Gasteiger partial charge in [-0.1, -0.05) is 6.92 Å². The number of hydrogen-bond donors (Lipinski definition) is 1. The molecular formula is C13H26N4O. The third-order valence-corrected chi connectivity index (χ3v) is 4.15. The molecule has 2 fully saturated rings. The number of piperidine rings is 1. The Morgan fingerprint density at radius 2 is 1.61 bits per heavy atom. The second kappa shape index (κ2) is 6.50. The number of likely N-dealkylation sites (N-methyl/N-ethyl adjacent to an activating group) is 1. The van der Waals surface area contributed by atoms with Crippen LogP contribution in [0.4, 0.5) is 0 Å². The third-order valence-electron chi connectivity index (χ3n) is 4.15. The highest BCUT2D eigenvalue weighted by molar-refractivity contribution is 5.77. The molecule has 1 amide bonds. The molecule has 5 heteroatoms. The van der Waals surface area contributed by atoms with E-state index < -0.39 is 0 Å². The molecule has 0 aromatic rings. The Balaban J connectivity index is 1.71. The Bertz CT molecular complexity index is 268. The lowest BCUT2D eigenvalue weighted by molar-refractivity contribution is -0.123. The van der Waals surface area contributed by atoms with Crippen LogP contribution in [0.5, 0.6) is 0 Å². The first-order chi connectivity index (χ1) is 8.69. The van der Waals surface area contributed by atoms with E-state index >= 15 is 0 Å². The zero-order chi connectivity index (χ0) is 13.0. The molecule has 0 radical (unpaired) electrons. The van der Waals surface area contributed by atoms with Gasteiger partial charge in [-0.05, 0) is 18.8 Å². The predicted octanol–water partition coefficient (Wildman–Crippen LogP) is -0.00310. The van der Waals surface area contributed by atoms with Crippen molar-refractivity contribution in [3.05, 3.63) is 0 Å². The average molecular weight is 254 g/mol. The maximum absolute atomic E-state index is 11.3. The molecule has 5 nitrogen and oxygen atoms in total. The van der Waals surface area contributed by atoms with Crippen LogP contribution in [0.3, 0.4) is 0 Å². The number of amides is 1. The molecule has 0 saturated carbocycles. The fourth-order valence-corrected chi connectivity index (χ4v) is 2.74. The summed E-state index contributed by atoms with van der Waals surface area (Å²) in [6, 6.07) is 0. The molecular weight excluding hydrogens is 228 g/mol. The van der Waals surface area contributed by atoms with Gasteiger partial charge < -0.3 is 5.32 Å². The van der Waals surface area contributed by atoms with Crippen molar-refractivity contribution >= 4 is 5.91 Å². The van der Waals surface area contributed by atoms with Gasteiger partial charge in [-0.2, -0.15) is 0 Å². The molecule has 2 rings (SSSR count). The van der Waals surface area contributed by atoms with Crippen molar-refractivity contribution in [1.82, 2.24) is 20.2 Å². The van der Waals surface area contributed by atoms with Crippen molar-refractivity contribution in [3.8, 4) is 0 Å². The lowest BCUT2D eigenvalue weighted by atomic mass is 10.0. The van der Waals surface area contributed by atoms with Crippen molar-refractivity contribution in [3.63, 3.8) is 0 Å². The minimum absolute atomic E-state index is 0.121. The lowest BCUT2D eigenvalue weighted by Gasteiger charge is -2.43. The molecule has 2 aliphatic rings. The van der Waals surface area contributed by atoms with E-state index in [9.17, 15) is 4.79 Å². The van der Waals surface area contributed by atoms with Crippen LogP contribution >= 0.6 is 0 Å². The summed E-state index contributed by atoms with van der Waals surface area (Å²) >= 11 is 0. The van der Waals surface area contributed by atoms with Gasteiger partial charge in [-0.3, -0.25) is 9.69 Å². The zero-order valence-corrected chi connectivity index (χ0v) is 11.7. The summed E-state index contributed by atoms with van der Waals surface area (Å²) in [5, 5.41) is 7.68. The molecule has 0 atom stereocenters. The molecule has 2 aliphatic heterocycles. The standard InChI is InChI=1S/C13H26N4O/c1-12-3-5-16(6-4-12)17-9-7-15(8-10-17)11-13(18)14-2/h12H,3-11H2,1-2H3,(H,14,18). The fraction of sp³-hybridized carbons (Fsp3) is 0.923. The largest absolute Gasteiger partial charge is 0.358 e.